The maximum absolute atomic E-state index is 11.6. The van der Waals surface area contributed by atoms with Crippen molar-refractivity contribution in [1.82, 2.24) is 20.4 Å². The molecule has 1 aromatic heterocycles. The molecule has 2 N–H and O–H groups in total. The number of amides is 1. The molecule has 0 radical (unpaired) electrons. The van der Waals surface area contributed by atoms with E-state index in [9.17, 15) is 4.79 Å². The van der Waals surface area contributed by atoms with E-state index >= 15 is 0 Å². The average molecular weight is 309 g/mol. The Morgan fingerprint density at radius 2 is 2.05 bits per heavy atom. The first-order valence-electron chi connectivity index (χ1n) is 6.80. The molecular formula is C15H21ClN4O. The highest BCUT2D eigenvalue weighted by atomic mass is 35.5. The van der Waals surface area contributed by atoms with Crippen LogP contribution in [-0.4, -0.2) is 29.3 Å². The molecule has 114 valence electrons. The molecular weight excluding hydrogens is 288 g/mol. The minimum absolute atomic E-state index is 0. The molecule has 21 heavy (non-hydrogen) atoms. The summed E-state index contributed by atoms with van der Waals surface area (Å²) in [4.78, 5) is 11.6. The van der Waals surface area contributed by atoms with Crippen LogP contribution in [0.3, 0.4) is 0 Å². The quantitative estimate of drug-likeness (QED) is 0.768. The Bertz CT molecular complexity index is 525. The van der Waals surface area contributed by atoms with Crippen molar-refractivity contribution >= 4 is 18.3 Å². The molecule has 2 aromatic rings. The highest BCUT2D eigenvalue weighted by Gasteiger charge is 2.01. The third-order valence-corrected chi connectivity index (χ3v) is 3.03. The highest BCUT2D eigenvalue weighted by Crippen LogP contribution is 2.08. The molecule has 0 spiro atoms. The van der Waals surface area contributed by atoms with Gasteiger partial charge in [0.2, 0.25) is 5.91 Å². The number of carbonyl (C=O) groups excluding carboxylic acids is 1. The first kappa shape index (κ1) is 17.2. The maximum atomic E-state index is 11.6. The second-order valence-electron chi connectivity index (χ2n) is 4.60. The van der Waals surface area contributed by atoms with Crippen LogP contribution >= 0.6 is 12.4 Å². The third kappa shape index (κ3) is 5.57. The molecule has 1 aromatic carbocycles. The summed E-state index contributed by atoms with van der Waals surface area (Å²) in [7, 11) is 1.89. The van der Waals surface area contributed by atoms with E-state index < -0.39 is 0 Å². The summed E-state index contributed by atoms with van der Waals surface area (Å²) in [5.41, 5.74) is 2.10. The van der Waals surface area contributed by atoms with Crippen LogP contribution in [-0.2, 0) is 11.3 Å². The number of nitrogens with zero attached hydrogens (tertiary/aromatic N) is 2. The number of carbonyl (C=O) groups is 1. The zero-order valence-corrected chi connectivity index (χ0v) is 12.9. The fourth-order valence-corrected chi connectivity index (χ4v) is 1.90. The number of aromatic nitrogens is 2. The van der Waals surface area contributed by atoms with E-state index in [-0.39, 0.29) is 18.3 Å². The van der Waals surface area contributed by atoms with Crippen LogP contribution in [0.2, 0.25) is 0 Å². The van der Waals surface area contributed by atoms with Gasteiger partial charge in [0.15, 0.2) is 0 Å². The van der Waals surface area contributed by atoms with Crippen molar-refractivity contribution in [3.63, 3.8) is 0 Å². The van der Waals surface area contributed by atoms with Crippen LogP contribution in [0.25, 0.3) is 5.69 Å². The molecule has 0 unspecified atom stereocenters. The fraction of sp³-hybridized carbons (Fsp3) is 0.333. The molecule has 1 heterocycles. The Morgan fingerprint density at radius 1 is 1.29 bits per heavy atom. The van der Waals surface area contributed by atoms with Crippen molar-refractivity contribution in [3.8, 4) is 5.69 Å². The average Bonchev–Trinajstić information content (AvgIpc) is 3.00. The van der Waals surface area contributed by atoms with Gasteiger partial charge < -0.3 is 10.6 Å². The van der Waals surface area contributed by atoms with E-state index in [0.29, 0.717) is 13.0 Å². The molecule has 0 bridgehead atoms. The van der Waals surface area contributed by atoms with Crippen LogP contribution in [0.5, 0.6) is 0 Å². The molecule has 5 nitrogen and oxygen atoms in total. The summed E-state index contributed by atoms with van der Waals surface area (Å²) in [5.74, 6) is 0.0939. The normalized spacial score (nSPS) is 9.95. The van der Waals surface area contributed by atoms with Crippen LogP contribution in [0, 0.1) is 0 Å². The number of nitrogens with one attached hydrogen (secondary N) is 2. The molecule has 0 aliphatic carbocycles. The lowest BCUT2D eigenvalue weighted by Crippen LogP contribution is -2.23. The molecule has 0 atom stereocenters. The molecule has 0 aliphatic rings. The van der Waals surface area contributed by atoms with E-state index in [1.54, 1.807) is 10.9 Å². The van der Waals surface area contributed by atoms with Gasteiger partial charge in [-0.05, 0) is 43.8 Å². The van der Waals surface area contributed by atoms with E-state index in [1.807, 2.05) is 43.6 Å². The summed E-state index contributed by atoms with van der Waals surface area (Å²) in [6.45, 7) is 1.43. The lowest BCUT2D eigenvalue weighted by atomic mass is 10.2. The van der Waals surface area contributed by atoms with Crippen molar-refractivity contribution in [2.75, 3.05) is 13.6 Å². The second kappa shape index (κ2) is 9.15. The van der Waals surface area contributed by atoms with Gasteiger partial charge in [0.25, 0.3) is 0 Å². The molecule has 0 saturated carbocycles. The van der Waals surface area contributed by atoms with Gasteiger partial charge >= 0.3 is 0 Å². The van der Waals surface area contributed by atoms with Gasteiger partial charge in [-0.25, -0.2) is 4.68 Å². The van der Waals surface area contributed by atoms with Crippen LogP contribution in [0.15, 0.2) is 42.7 Å². The third-order valence-electron chi connectivity index (χ3n) is 3.03. The van der Waals surface area contributed by atoms with Crippen LogP contribution in [0.4, 0.5) is 0 Å². The lowest BCUT2D eigenvalue weighted by molar-refractivity contribution is -0.121. The van der Waals surface area contributed by atoms with Gasteiger partial charge in [0, 0.05) is 25.4 Å². The number of rotatable bonds is 7. The molecule has 0 fully saturated rings. The molecule has 6 heteroatoms. The Labute approximate surface area is 131 Å². The van der Waals surface area contributed by atoms with Crippen LogP contribution in [0.1, 0.15) is 18.4 Å². The van der Waals surface area contributed by atoms with Crippen molar-refractivity contribution in [1.29, 1.82) is 0 Å². The largest absolute Gasteiger partial charge is 0.352 e. The lowest BCUT2D eigenvalue weighted by Gasteiger charge is -2.07. The Morgan fingerprint density at radius 3 is 2.67 bits per heavy atom. The van der Waals surface area contributed by atoms with Crippen molar-refractivity contribution in [3.05, 3.63) is 48.3 Å². The topological polar surface area (TPSA) is 59.0 Å². The van der Waals surface area contributed by atoms with Gasteiger partial charge in [-0.2, -0.15) is 5.10 Å². The van der Waals surface area contributed by atoms with Crippen molar-refractivity contribution in [2.24, 2.45) is 0 Å². The maximum Gasteiger partial charge on any atom is 0.220 e. The van der Waals surface area contributed by atoms with E-state index in [4.69, 9.17) is 0 Å². The van der Waals surface area contributed by atoms with Crippen LogP contribution < -0.4 is 10.6 Å². The zero-order chi connectivity index (χ0) is 14.2. The number of halogens is 1. The van der Waals surface area contributed by atoms with Gasteiger partial charge in [-0.15, -0.1) is 12.4 Å². The minimum atomic E-state index is 0. The highest BCUT2D eigenvalue weighted by molar-refractivity contribution is 5.85. The zero-order valence-electron chi connectivity index (χ0n) is 12.1. The standard InChI is InChI=1S/C15H20N4O.ClH/c1-16-9-2-4-15(20)17-12-13-5-7-14(8-6-13)19-11-3-10-18-19;/h3,5-8,10-11,16H,2,4,9,12H2,1H3,(H,17,20);1H. The molecule has 2 rings (SSSR count). The van der Waals surface area contributed by atoms with Gasteiger partial charge in [-0.3, -0.25) is 4.79 Å². The smallest absolute Gasteiger partial charge is 0.220 e. The Balaban J connectivity index is 0.00000220. The summed E-state index contributed by atoms with van der Waals surface area (Å²) in [6.07, 6.45) is 5.07. The molecule has 0 aliphatic heterocycles. The number of hydrogen-bond acceptors (Lipinski definition) is 3. The SMILES string of the molecule is CNCCCC(=O)NCc1ccc(-n2cccn2)cc1.Cl. The van der Waals surface area contributed by atoms with Gasteiger partial charge in [0.05, 0.1) is 5.69 Å². The van der Waals surface area contributed by atoms with E-state index in [2.05, 4.69) is 15.7 Å². The van der Waals surface area contributed by atoms with Gasteiger partial charge in [0.1, 0.15) is 0 Å². The predicted octanol–water partition coefficient (Wildman–Crippen LogP) is 1.91. The summed E-state index contributed by atoms with van der Waals surface area (Å²) in [6, 6.07) is 9.89. The Hall–Kier alpha value is -1.85. The number of hydrogen-bond donors (Lipinski definition) is 2. The minimum Gasteiger partial charge on any atom is -0.352 e. The van der Waals surface area contributed by atoms with Gasteiger partial charge in [-0.1, -0.05) is 12.1 Å². The van der Waals surface area contributed by atoms with Crippen molar-refractivity contribution in [2.45, 2.75) is 19.4 Å². The number of benzene rings is 1. The van der Waals surface area contributed by atoms with Crippen molar-refractivity contribution < 1.29 is 4.79 Å². The molecule has 1 amide bonds. The Kier molecular flexibility index (Phi) is 7.50. The summed E-state index contributed by atoms with van der Waals surface area (Å²) in [5, 5.41) is 10.1. The summed E-state index contributed by atoms with van der Waals surface area (Å²) >= 11 is 0. The second-order valence-corrected chi connectivity index (χ2v) is 4.60. The molecule has 0 saturated heterocycles. The summed E-state index contributed by atoms with van der Waals surface area (Å²) < 4.78 is 1.81. The first-order valence-corrected chi connectivity index (χ1v) is 6.80. The monoisotopic (exact) mass is 308 g/mol. The first-order chi connectivity index (χ1) is 9.79. The van der Waals surface area contributed by atoms with E-state index in [0.717, 1.165) is 24.2 Å². The fourth-order valence-electron chi connectivity index (χ4n) is 1.90. The van der Waals surface area contributed by atoms with E-state index in [1.165, 1.54) is 0 Å². The predicted molar refractivity (Wildman–Crippen MR) is 85.8 cm³/mol.